The van der Waals surface area contributed by atoms with Gasteiger partial charge in [-0.15, -0.1) is 5.10 Å². The van der Waals surface area contributed by atoms with E-state index in [1.165, 1.54) is 0 Å². The molecule has 25 heavy (non-hydrogen) atoms. The fourth-order valence-electron chi connectivity index (χ4n) is 2.36. The van der Waals surface area contributed by atoms with Gasteiger partial charge in [-0.2, -0.15) is 0 Å². The maximum atomic E-state index is 12.7. The van der Waals surface area contributed by atoms with Crippen molar-refractivity contribution in [2.24, 2.45) is 5.41 Å². The highest BCUT2D eigenvalue weighted by molar-refractivity contribution is 6.00. The van der Waals surface area contributed by atoms with E-state index in [-0.39, 0.29) is 11.5 Å². The summed E-state index contributed by atoms with van der Waals surface area (Å²) in [6.07, 6.45) is 0. The highest BCUT2D eigenvalue weighted by atomic mass is 16.5. The van der Waals surface area contributed by atoms with Gasteiger partial charge in [0.1, 0.15) is 5.75 Å². The average molecular weight is 335 g/mol. The maximum absolute atomic E-state index is 12.7. The van der Waals surface area contributed by atoms with Crippen LogP contribution in [0.3, 0.4) is 0 Å². The standard InChI is InChI=1S/C20H21N3O2/c1-20(2,3)18(24)17-19(25-16-12-8-5-9-13-16)23(22-21-17)14-15-10-6-4-7-11-15/h4-13H,14H2,1-3H3. The van der Waals surface area contributed by atoms with Crippen LogP contribution >= 0.6 is 0 Å². The van der Waals surface area contributed by atoms with E-state index in [2.05, 4.69) is 10.3 Å². The number of para-hydroxylation sites is 1. The third-order valence-electron chi connectivity index (χ3n) is 3.72. The first-order chi connectivity index (χ1) is 11.9. The number of carbonyl (C=O) groups excluding carboxylic acids is 1. The Labute approximate surface area is 147 Å². The number of ketones is 1. The lowest BCUT2D eigenvalue weighted by Crippen LogP contribution is -2.21. The third kappa shape index (κ3) is 3.94. The normalized spacial score (nSPS) is 11.3. The topological polar surface area (TPSA) is 57.0 Å². The lowest BCUT2D eigenvalue weighted by atomic mass is 9.89. The van der Waals surface area contributed by atoms with Gasteiger partial charge in [-0.3, -0.25) is 4.79 Å². The number of benzene rings is 2. The molecule has 0 atom stereocenters. The molecule has 1 aromatic heterocycles. The molecular weight excluding hydrogens is 314 g/mol. The fraction of sp³-hybridized carbons (Fsp3) is 0.250. The molecule has 0 unspecified atom stereocenters. The first-order valence-corrected chi connectivity index (χ1v) is 8.20. The summed E-state index contributed by atoms with van der Waals surface area (Å²) in [6.45, 7) is 6.06. The van der Waals surface area contributed by atoms with Crippen LogP contribution in [0.5, 0.6) is 11.6 Å². The average Bonchev–Trinajstić information content (AvgIpc) is 2.97. The minimum absolute atomic E-state index is 0.0993. The number of carbonyl (C=O) groups is 1. The van der Waals surface area contributed by atoms with Crippen LogP contribution in [0.1, 0.15) is 36.8 Å². The molecule has 128 valence electrons. The predicted molar refractivity (Wildman–Crippen MR) is 95.9 cm³/mol. The zero-order chi connectivity index (χ0) is 17.9. The van der Waals surface area contributed by atoms with Crippen LogP contribution in [0.25, 0.3) is 0 Å². The van der Waals surface area contributed by atoms with Crippen LogP contribution in [-0.4, -0.2) is 20.8 Å². The van der Waals surface area contributed by atoms with E-state index in [4.69, 9.17) is 4.74 Å². The van der Waals surface area contributed by atoms with Crippen LogP contribution in [-0.2, 0) is 6.54 Å². The minimum Gasteiger partial charge on any atom is -0.437 e. The van der Waals surface area contributed by atoms with Gasteiger partial charge < -0.3 is 4.74 Å². The Morgan fingerprint density at radius 1 is 1.00 bits per heavy atom. The summed E-state index contributed by atoms with van der Waals surface area (Å²) in [5, 5.41) is 8.28. The molecule has 5 heteroatoms. The number of ether oxygens (including phenoxy) is 1. The first-order valence-electron chi connectivity index (χ1n) is 8.20. The van der Waals surface area contributed by atoms with E-state index in [9.17, 15) is 4.79 Å². The van der Waals surface area contributed by atoms with Gasteiger partial charge in [0.15, 0.2) is 11.5 Å². The fourth-order valence-corrected chi connectivity index (χ4v) is 2.36. The summed E-state index contributed by atoms with van der Waals surface area (Å²) in [6, 6.07) is 19.2. The number of aromatic nitrogens is 3. The molecule has 0 amide bonds. The van der Waals surface area contributed by atoms with Gasteiger partial charge in [0.25, 0.3) is 0 Å². The minimum atomic E-state index is -0.567. The van der Waals surface area contributed by atoms with Gasteiger partial charge in [-0.25, -0.2) is 4.68 Å². The number of rotatable bonds is 5. The van der Waals surface area contributed by atoms with Crippen molar-refractivity contribution in [2.45, 2.75) is 27.3 Å². The van der Waals surface area contributed by atoms with Crippen molar-refractivity contribution >= 4 is 5.78 Å². The molecule has 0 bridgehead atoms. The lowest BCUT2D eigenvalue weighted by molar-refractivity contribution is 0.0850. The summed E-state index contributed by atoms with van der Waals surface area (Å²) < 4.78 is 7.61. The summed E-state index contributed by atoms with van der Waals surface area (Å²) in [7, 11) is 0. The molecule has 0 spiro atoms. The lowest BCUT2D eigenvalue weighted by Gasteiger charge is -2.16. The quantitative estimate of drug-likeness (QED) is 0.651. The largest absolute Gasteiger partial charge is 0.437 e. The zero-order valence-electron chi connectivity index (χ0n) is 14.6. The molecule has 3 rings (SSSR count). The number of nitrogens with zero attached hydrogens (tertiary/aromatic N) is 3. The molecule has 0 aliphatic carbocycles. The van der Waals surface area contributed by atoms with Gasteiger partial charge in [-0.1, -0.05) is 74.5 Å². The smallest absolute Gasteiger partial charge is 0.249 e. The molecule has 1 heterocycles. The summed E-state index contributed by atoms with van der Waals surface area (Å²) in [4.78, 5) is 12.7. The molecule has 0 fully saturated rings. The Bertz CT molecular complexity index is 850. The second kappa shape index (κ2) is 6.89. The Morgan fingerprint density at radius 2 is 1.60 bits per heavy atom. The van der Waals surface area contributed by atoms with Crippen molar-refractivity contribution in [1.82, 2.24) is 15.0 Å². The summed E-state index contributed by atoms with van der Waals surface area (Å²) >= 11 is 0. The van der Waals surface area contributed by atoms with Crippen LogP contribution < -0.4 is 4.74 Å². The predicted octanol–water partition coefficient (Wildman–Crippen LogP) is 4.35. The van der Waals surface area contributed by atoms with Crippen LogP contribution in [0.15, 0.2) is 60.7 Å². The van der Waals surface area contributed by atoms with Crippen LogP contribution in [0, 0.1) is 5.41 Å². The Morgan fingerprint density at radius 3 is 2.20 bits per heavy atom. The van der Waals surface area contributed by atoms with E-state index in [0.29, 0.717) is 18.2 Å². The van der Waals surface area contributed by atoms with E-state index < -0.39 is 5.41 Å². The Kier molecular flexibility index (Phi) is 4.65. The molecule has 0 N–H and O–H groups in total. The first kappa shape index (κ1) is 16.9. The van der Waals surface area contributed by atoms with Crippen molar-refractivity contribution < 1.29 is 9.53 Å². The van der Waals surface area contributed by atoms with E-state index in [1.807, 2.05) is 81.4 Å². The SMILES string of the molecule is CC(C)(C)C(=O)c1nnn(Cc2ccccc2)c1Oc1ccccc1. The molecule has 0 aliphatic heterocycles. The zero-order valence-corrected chi connectivity index (χ0v) is 14.6. The van der Waals surface area contributed by atoms with Gasteiger partial charge in [0, 0.05) is 5.41 Å². The molecule has 0 radical (unpaired) electrons. The van der Waals surface area contributed by atoms with Gasteiger partial charge in [0.05, 0.1) is 6.54 Å². The van der Waals surface area contributed by atoms with E-state index >= 15 is 0 Å². The molecule has 5 nitrogen and oxygen atoms in total. The second-order valence-electron chi connectivity index (χ2n) is 6.88. The number of hydrogen-bond donors (Lipinski definition) is 0. The molecule has 3 aromatic rings. The van der Waals surface area contributed by atoms with Crippen molar-refractivity contribution in [3.63, 3.8) is 0 Å². The second-order valence-corrected chi connectivity index (χ2v) is 6.88. The van der Waals surface area contributed by atoms with Crippen LogP contribution in [0.4, 0.5) is 0 Å². The molecular formula is C20H21N3O2. The van der Waals surface area contributed by atoms with Gasteiger partial charge in [-0.05, 0) is 17.7 Å². The van der Waals surface area contributed by atoms with E-state index in [1.54, 1.807) is 4.68 Å². The highest BCUT2D eigenvalue weighted by Gasteiger charge is 2.31. The molecule has 0 aliphatic rings. The van der Waals surface area contributed by atoms with Gasteiger partial charge >= 0.3 is 0 Å². The van der Waals surface area contributed by atoms with Crippen molar-refractivity contribution in [1.29, 1.82) is 0 Å². The molecule has 0 saturated carbocycles. The van der Waals surface area contributed by atoms with Crippen molar-refractivity contribution in [2.75, 3.05) is 0 Å². The summed E-state index contributed by atoms with van der Waals surface area (Å²) in [5.41, 5.74) is 0.745. The van der Waals surface area contributed by atoms with Crippen molar-refractivity contribution in [3.8, 4) is 11.6 Å². The van der Waals surface area contributed by atoms with Gasteiger partial charge in [0.2, 0.25) is 5.88 Å². The van der Waals surface area contributed by atoms with Crippen molar-refractivity contribution in [3.05, 3.63) is 71.9 Å². The third-order valence-corrected chi connectivity index (χ3v) is 3.72. The number of Topliss-reactive ketones (excluding diaryl/α,β-unsaturated/α-hetero) is 1. The maximum Gasteiger partial charge on any atom is 0.249 e. The molecule has 2 aromatic carbocycles. The monoisotopic (exact) mass is 335 g/mol. The highest BCUT2D eigenvalue weighted by Crippen LogP contribution is 2.29. The summed E-state index contributed by atoms with van der Waals surface area (Å²) in [5.74, 6) is 0.912. The Balaban J connectivity index is 2.00. The van der Waals surface area contributed by atoms with Crippen LogP contribution in [0.2, 0.25) is 0 Å². The van der Waals surface area contributed by atoms with E-state index in [0.717, 1.165) is 5.56 Å². The number of hydrogen-bond acceptors (Lipinski definition) is 4. The molecule has 0 saturated heterocycles. The Hall–Kier alpha value is -2.95.